The predicted octanol–water partition coefficient (Wildman–Crippen LogP) is 2.72. The van der Waals surface area contributed by atoms with Crippen LogP contribution < -0.4 is 10.6 Å². The van der Waals surface area contributed by atoms with Gasteiger partial charge in [0.2, 0.25) is 5.91 Å². The van der Waals surface area contributed by atoms with E-state index in [0.29, 0.717) is 17.1 Å². The van der Waals surface area contributed by atoms with Crippen molar-refractivity contribution in [2.75, 3.05) is 5.32 Å². The zero-order valence-electron chi connectivity index (χ0n) is 14.6. The quantitative estimate of drug-likeness (QED) is 0.707. The zero-order valence-corrected chi connectivity index (χ0v) is 15.4. The number of aromatic nitrogens is 1. The number of hydrogen-bond donors (Lipinski definition) is 3. The fraction of sp³-hybridized carbons (Fsp3) is 0.389. The first-order valence-electron chi connectivity index (χ1n) is 8.20. The van der Waals surface area contributed by atoms with Gasteiger partial charge >= 0.3 is 0 Å². The van der Waals surface area contributed by atoms with E-state index < -0.39 is 18.1 Å². The van der Waals surface area contributed by atoms with Crippen molar-refractivity contribution in [3.05, 3.63) is 46.5 Å². The van der Waals surface area contributed by atoms with Gasteiger partial charge in [-0.05, 0) is 25.8 Å². The summed E-state index contributed by atoms with van der Waals surface area (Å²) in [6.07, 6.45) is -0.115. The first-order chi connectivity index (χ1) is 11.9. The van der Waals surface area contributed by atoms with Crippen LogP contribution in [-0.4, -0.2) is 27.9 Å². The molecule has 25 heavy (non-hydrogen) atoms. The van der Waals surface area contributed by atoms with Gasteiger partial charge in [-0.25, -0.2) is 4.98 Å². The predicted molar refractivity (Wildman–Crippen MR) is 98.5 cm³/mol. The third-order valence-corrected chi connectivity index (χ3v) is 4.82. The summed E-state index contributed by atoms with van der Waals surface area (Å²) in [4.78, 5) is 30.1. The first-order valence-corrected chi connectivity index (χ1v) is 9.02. The van der Waals surface area contributed by atoms with Crippen molar-refractivity contribution in [2.45, 2.75) is 45.8 Å². The lowest BCUT2D eigenvalue weighted by Crippen LogP contribution is -2.45. The number of carbonyl (C=O) groups excluding carboxylic acids is 2. The number of hydrogen-bond acceptors (Lipinski definition) is 5. The van der Waals surface area contributed by atoms with Crippen LogP contribution in [0.2, 0.25) is 0 Å². The molecule has 0 saturated carbocycles. The minimum atomic E-state index is -1.31. The molecule has 2 amide bonds. The number of nitrogens with one attached hydrogen (secondary N) is 2. The van der Waals surface area contributed by atoms with E-state index in [9.17, 15) is 14.7 Å². The van der Waals surface area contributed by atoms with Crippen molar-refractivity contribution < 1.29 is 14.7 Å². The first kappa shape index (κ1) is 19.1. The number of thiazole rings is 1. The topological polar surface area (TPSA) is 91.3 Å². The number of amides is 2. The summed E-state index contributed by atoms with van der Waals surface area (Å²) in [6.45, 7) is 5.74. The molecule has 1 heterocycles. The number of anilines is 1. The highest BCUT2D eigenvalue weighted by Gasteiger charge is 2.25. The average Bonchev–Trinajstić information content (AvgIpc) is 2.91. The maximum atomic E-state index is 12.5. The number of aliphatic hydroxyl groups is 1. The van der Waals surface area contributed by atoms with Crippen molar-refractivity contribution in [1.82, 2.24) is 10.3 Å². The smallest absolute Gasteiger partial charge is 0.254 e. The van der Waals surface area contributed by atoms with Gasteiger partial charge in [0, 0.05) is 4.88 Å². The second-order valence-corrected chi connectivity index (χ2v) is 7.02. The molecule has 6 nitrogen and oxygen atoms in total. The van der Waals surface area contributed by atoms with Crippen LogP contribution in [0.1, 0.15) is 42.0 Å². The van der Waals surface area contributed by atoms with Crippen molar-refractivity contribution in [3.63, 3.8) is 0 Å². The van der Waals surface area contributed by atoms with Gasteiger partial charge in [-0.1, -0.05) is 43.7 Å². The minimum Gasteiger partial charge on any atom is -0.378 e. The van der Waals surface area contributed by atoms with Gasteiger partial charge in [0.25, 0.3) is 5.91 Å². The van der Waals surface area contributed by atoms with Gasteiger partial charge in [0.15, 0.2) is 11.2 Å². The molecule has 0 unspecified atom stereocenters. The molecule has 0 bridgehead atoms. The standard InChI is InChI=1S/C18H23N3O3S/c1-4-8-14(16(23)21-18-19-11(2)12(3)25-18)20-17(24)15(22)13-9-6-5-7-10-13/h5-7,9-10,14-15,22H,4,8H2,1-3H3,(H,20,24)(H,19,21,23)/t14-,15-/m0/s1. The Hall–Kier alpha value is -2.25. The van der Waals surface area contributed by atoms with Crippen LogP contribution >= 0.6 is 11.3 Å². The SMILES string of the molecule is CCC[C@H](NC(=O)[C@@H](O)c1ccccc1)C(=O)Nc1nc(C)c(C)s1. The Labute approximate surface area is 151 Å². The maximum Gasteiger partial charge on any atom is 0.254 e. The van der Waals surface area contributed by atoms with Gasteiger partial charge < -0.3 is 15.7 Å². The number of aliphatic hydroxyl groups excluding tert-OH is 1. The molecular weight excluding hydrogens is 338 g/mol. The molecule has 0 fully saturated rings. The normalized spacial score (nSPS) is 13.1. The van der Waals surface area contributed by atoms with Crippen LogP contribution in [0.25, 0.3) is 0 Å². The van der Waals surface area contributed by atoms with Crippen molar-refractivity contribution in [1.29, 1.82) is 0 Å². The minimum absolute atomic E-state index is 0.329. The molecule has 0 aliphatic rings. The van der Waals surface area contributed by atoms with Crippen LogP contribution in [0.3, 0.4) is 0 Å². The molecule has 7 heteroatoms. The Balaban J connectivity index is 2.03. The largest absolute Gasteiger partial charge is 0.378 e. The molecule has 1 aromatic carbocycles. The van der Waals surface area contributed by atoms with E-state index in [1.165, 1.54) is 11.3 Å². The molecule has 0 aliphatic heterocycles. The van der Waals surface area contributed by atoms with E-state index >= 15 is 0 Å². The molecule has 2 aromatic rings. The van der Waals surface area contributed by atoms with E-state index in [4.69, 9.17) is 0 Å². The van der Waals surface area contributed by atoms with Crippen molar-refractivity contribution in [3.8, 4) is 0 Å². The molecule has 0 saturated heterocycles. The monoisotopic (exact) mass is 361 g/mol. The highest BCUT2D eigenvalue weighted by atomic mass is 32.1. The lowest BCUT2D eigenvalue weighted by Gasteiger charge is -2.19. The average molecular weight is 361 g/mol. The number of nitrogens with zero attached hydrogens (tertiary/aromatic N) is 1. The van der Waals surface area contributed by atoms with Crippen LogP contribution in [-0.2, 0) is 9.59 Å². The molecule has 1 aromatic heterocycles. The summed E-state index contributed by atoms with van der Waals surface area (Å²) in [5.41, 5.74) is 1.36. The molecule has 0 radical (unpaired) electrons. The molecule has 134 valence electrons. The number of carbonyl (C=O) groups is 2. The summed E-state index contributed by atoms with van der Waals surface area (Å²) in [5, 5.41) is 16.1. The highest BCUT2D eigenvalue weighted by Crippen LogP contribution is 2.21. The van der Waals surface area contributed by atoms with E-state index in [1.807, 2.05) is 20.8 Å². The highest BCUT2D eigenvalue weighted by molar-refractivity contribution is 7.15. The third-order valence-electron chi connectivity index (χ3n) is 3.83. The van der Waals surface area contributed by atoms with Crippen molar-refractivity contribution in [2.24, 2.45) is 0 Å². The van der Waals surface area contributed by atoms with Crippen LogP contribution in [0, 0.1) is 13.8 Å². The van der Waals surface area contributed by atoms with Gasteiger partial charge in [0.05, 0.1) is 5.69 Å². The van der Waals surface area contributed by atoms with Crippen molar-refractivity contribution >= 4 is 28.3 Å². The summed E-state index contributed by atoms with van der Waals surface area (Å²) < 4.78 is 0. The fourth-order valence-electron chi connectivity index (χ4n) is 2.31. The Morgan fingerprint density at radius 3 is 2.44 bits per heavy atom. The second-order valence-electron chi connectivity index (χ2n) is 5.81. The summed E-state index contributed by atoms with van der Waals surface area (Å²) in [6, 6.07) is 7.91. The van der Waals surface area contributed by atoms with Crippen LogP contribution in [0.4, 0.5) is 5.13 Å². The fourth-order valence-corrected chi connectivity index (χ4v) is 3.13. The van der Waals surface area contributed by atoms with E-state index in [0.717, 1.165) is 17.0 Å². The molecular formula is C18H23N3O3S. The molecule has 2 rings (SSSR count). The second kappa shape index (κ2) is 8.73. The summed E-state index contributed by atoms with van der Waals surface area (Å²) in [7, 11) is 0. The Kier molecular flexibility index (Phi) is 6.66. The molecule has 0 spiro atoms. The van der Waals surface area contributed by atoms with E-state index in [2.05, 4.69) is 15.6 Å². The Bertz CT molecular complexity index is 711. The summed E-state index contributed by atoms with van der Waals surface area (Å²) >= 11 is 1.40. The molecule has 3 N–H and O–H groups in total. The van der Waals surface area contributed by atoms with E-state index in [1.54, 1.807) is 30.3 Å². The van der Waals surface area contributed by atoms with Gasteiger partial charge in [-0.3, -0.25) is 9.59 Å². The lowest BCUT2D eigenvalue weighted by molar-refractivity contribution is -0.133. The maximum absolute atomic E-state index is 12.5. The molecule has 0 aliphatic carbocycles. The van der Waals surface area contributed by atoms with Gasteiger partial charge in [0.1, 0.15) is 6.04 Å². The Morgan fingerprint density at radius 1 is 1.20 bits per heavy atom. The lowest BCUT2D eigenvalue weighted by atomic mass is 10.1. The van der Waals surface area contributed by atoms with Crippen LogP contribution in [0.5, 0.6) is 0 Å². The van der Waals surface area contributed by atoms with Crippen LogP contribution in [0.15, 0.2) is 30.3 Å². The molecule has 2 atom stereocenters. The van der Waals surface area contributed by atoms with Gasteiger partial charge in [-0.15, -0.1) is 11.3 Å². The number of aryl methyl sites for hydroxylation is 2. The Morgan fingerprint density at radius 2 is 1.88 bits per heavy atom. The zero-order chi connectivity index (χ0) is 18.4. The number of rotatable bonds is 7. The summed E-state index contributed by atoms with van der Waals surface area (Å²) in [5.74, 6) is -0.921. The third kappa shape index (κ3) is 5.11. The van der Waals surface area contributed by atoms with E-state index in [-0.39, 0.29) is 5.91 Å². The number of benzene rings is 1. The van der Waals surface area contributed by atoms with Gasteiger partial charge in [-0.2, -0.15) is 0 Å².